The maximum absolute atomic E-state index is 11.4. The third kappa shape index (κ3) is 27.1. The highest BCUT2D eigenvalue weighted by molar-refractivity contribution is 5.73. The molecule has 0 aromatic rings. The van der Waals surface area contributed by atoms with Crippen LogP contribution >= 0.6 is 0 Å². The van der Waals surface area contributed by atoms with Crippen molar-refractivity contribution in [3.63, 3.8) is 0 Å². The Bertz CT molecular complexity index is 276. The Morgan fingerprint density at radius 3 is 1.64 bits per heavy atom. The van der Waals surface area contributed by atoms with Gasteiger partial charge in [-0.25, -0.2) is 0 Å². The number of ether oxygens (including phenoxy) is 1. The average molecular weight is 318 g/mol. The molecule has 0 aliphatic carbocycles. The molecule has 0 saturated carbocycles. The Morgan fingerprint density at radius 1 is 0.909 bits per heavy atom. The minimum atomic E-state index is -0.383. The van der Waals surface area contributed by atoms with Gasteiger partial charge in [0.1, 0.15) is 5.60 Å². The van der Waals surface area contributed by atoms with Crippen LogP contribution in [0.4, 0.5) is 0 Å². The maximum atomic E-state index is 11.4. The van der Waals surface area contributed by atoms with Gasteiger partial charge in [-0.2, -0.15) is 0 Å². The molecule has 4 nitrogen and oxygen atoms in total. The van der Waals surface area contributed by atoms with Crippen molar-refractivity contribution in [1.82, 2.24) is 0 Å². The Balaban J connectivity index is -0.000000332. The Morgan fingerprint density at radius 2 is 1.27 bits per heavy atom. The van der Waals surface area contributed by atoms with Crippen LogP contribution < -0.4 is 5.73 Å². The average Bonchev–Trinajstić information content (AvgIpc) is 2.44. The molecule has 4 heteroatoms. The molecule has 1 amide bonds. The van der Waals surface area contributed by atoms with Crippen molar-refractivity contribution < 1.29 is 15.8 Å². The summed E-state index contributed by atoms with van der Waals surface area (Å²) in [6, 6.07) is 0. The van der Waals surface area contributed by atoms with E-state index in [2.05, 4.69) is 13.2 Å². The number of rotatable bonds is 9. The molecule has 0 aliphatic heterocycles. The molecule has 0 heterocycles. The van der Waals surface area contributed by atoms with Crippen molar-refractivity contribution in [1.29, 1.82) is 0 Å². The van der Waals surface area contributed by atoms with Crippen molar-refractivity contribution in [2.75, 3.05) is 0 Å². The lowest BCUT2D eigenvalue weighted by atomic mass is 10.1. The van der Waals surface area contributed by atoms with Crippen molar-refractivity contribution in [2.45, 2.75) is 91.6 Å². The van der Waals surface area contributed by atoms with Crippen molar-refractivity contribution in [3.8, 4) is 0 Å². The zero-order valence-electron chi connectivity index (χ0n) is 15.4. The van der Waals surface area contributed by atoms with Crippen LogP contribution in [0, 0.1) is 0 Å². The van der Waals surface area contributed by atoms with Crippen LogP contribution in [0.1, 0.15) is 87.4 Å². The van der Waals surface area contributed by atoms with E-state index >= 15 is 0 Å². The topological polar surface area (TPSA) is 69.4 Å². The van der Waals surface area contributed by atoms with Crippen LogP contribution in [0.15, 0.2) is 13.2 Å². The molecule has 0 atom stereocenters. The third-order valence-corrected chi connectivity index (χ3v) is 2.47. The molecule has 0 spiro atoms. The number of carbonyl (C=O) groups is 2. The Labute approximate surface area is 139 Å². The van der Waals surface area contributed by atoms with Gasteiger partial charge >= 0.3 is 5.97 Å². The SMILES string of the molecule is C=C.CC.CC(C)(C)OC(=O)CCCCCCCCC(N)=O.[HH]. The minimum absolute atomic E-state index is 0. The second-order valence-electron chi connectivity index (χ2n) is 5.67. The number of hydrogen-bond acceptors (Lipinski definition) is 3. The molecule has 0 rings (SSSR count). The van der Waals surface area contributed by atoms with E-state index in [-0.39, 0.29) is 18.9 Å². The predicted octanol–water partition coefficient (Wildman–Crippen LogP) is 5.01. The molecule has 0 aromatic heterocycles. The molecule has 0 radical (unpaired) electrons. The van der Waals surface area contributed by atoms with E-state index in [9.17, 15) is 9.59 Å². The van der Waals surface area contributed by atoms with Gasteiger partial charge in [0.25, 0.3) is 0 Å². The van der Waals surface area contributed by atoms with Crippen LogP contribution in [0.3, 0.4) is 0 Å². The first-order valence-electron chi connectivity index (χ1n) is 8.31. The number of esters is 1. The second-order valence-corrected chi connectivity index (χ2v) is 5.67. The zero-order chi connectivity index (χ0) is 18.0. The van der Waals surface area contributed by atoms with E-state index in [1.54, 1.807) is 0 Å². The van der Waals surface area contributed by atoms with E-state index in [4.69, 9.17) is 10.5 Å². The Kier molecular flexibility index (Phi) is 20.7. The van der Waals surface area contributed by atoms with Gasteiger partial charge < -0.3 is 10.5 Å². The van der Waals surface area contributed by atoms with Crippen LogP contribution in [-0.4, -0.2) is 17.5 Å². The van der Waals surface area contributed by atoms with Gasteiger partial charge in [0, 0.05) is 14.3 Å². The summed E-state index contributed by atoms with van der Waals surface area (Å²) in [6.07, 6.45) is 7.01. The molecule has 22 heavy (non-hydrogen) atoms. The molecule has 0 unspecified atom stereocenters. The summed E-state index contributed by atoms with van der Waals surface area (Å²) >= 11 is 0. The molecular weight excluding hydrogens is 278 g/mol. The summed E-state index contributed by atoms with van der Waals surface area (Å²) in [4.78, 5) is 21.9. The van der Waals surface area contributed by atoms with Gasteiger partial charge in [-0.15, -0.1) is 13.2 Å². The summed E-state index contributed by atoms with van der Waals surface area (Å²) in [7, 11) is 0. The first-order chi connectivity index (χ1) is 10.3. The first kappa shape index (κ1) is 25.6. The number of hydrogen-bond donors (Lipinski definition) is 1. The van der Waals surface area contributed by atoms with Crippen LogP contribution in [-0.2, 0) is 14.3 Å². The summed E-state index contributed by atoms with van der Waals surface area (Å²) < 4.78 is 5.22. The zero-order valence-corrected chi connectivity index (χ0v) is 15.4. The van der Waals surface area contributed by atoms with Crippen molar-refractivity contribution in [3.05, 3.63) is 13.2 Å². The largest absolute Gasteiger partial charge is 0.460 e. The third-order valence-electron chi connectivity index (χ3n) is 2.47. The summed E-state index contributed by atoms with van der Waals surface area (Å²) in [5.41, 5.74) is 4.67. The molecule has 0 bridgehead atoms. The molecule has 134 valence electrons. The van der Waals surface area contributed by atoms with Crippen LogP contribution in [0.5, 0.6) is 0 Å². The minimum Gasteiger partial charge on any atom is -0.460 e. The second kappa shape index (κ2) is 17.7. The lowest BCUT2D eigenvalue weighted by Crippen LogP contribution is -2.23. The van der Waals surface area contributed by atoms with E-state index in [0.29, 0.717) is 12.8 Å². The standard InChI is InChI=1S/C14H27NO3.C2H6.C2H4.H2/c1-14(2,3)18-13(17)11-9-7-5-4-6-8-10-12(15)16;2*1-2;/h4-11H2,1-3H3,(H2,15,16);1-2H3;1-2H2;1H. The smallest absolute Gasteiger partial charge is 0.306 e. The fourth-order valence-corrected chi connectivity index (χ4v) is 1.67. The van der Waals surface area contributed by atoms with E-state index in [0.717, 1.165) is 38.5 Å². The number of nitrogens with two attached hydrogens (primary N) is 1. The number of unbranched alkanes of at least 4 members (excludes halogenated alkanes) is 5. The number of primary amides is 1. The molecule has 2 N–H and O–H groups in total. The quantitative estimate of drug-likeness (QED) is 0.369. The summed E-state index contributed by atoms with van der Waals surface area (Å²) in [5.74, 6) is -0.337. The normalized spacial score (nSPS) is 9.68. The van der Waals surface area contributed by atoms with Crippen molar-refractivity contribution in [2.24, 2.45) is 5.73 Å². The molecular formula is C18H39NO3. The van der Waals surface area contributed by atoms with Gasteiger partial charge in [0.05, 0.1) is 0 Å². The highest BCUT2D eigenvalue weighted by atomic mass is 16.6. The fourth-order valence-electron chi connectivity index (χ4n) is 1.67. The van der Waals surface area contributed by atoms with Crippen molar-refractivity contribution >= 4 is 11.9 Å². The predicted molar refractivity (Wildman–Crippen MR) is 96.7 cm³/mol. The highest BCUT2D eigenvalue weighted by Gasteiger charge is 2.15. The van der Waals surface area contributed by atoms with E-state index < -0.39 is 0 Å². The lowest BCUT2D eigenvalue weighted by molar-refractivity contribution is -0.154. The monoisotopic (exact) mass is 317 g/mol. The number of amides is 1. The maximum Gasteiger partial charge on any atom is 0.306 e. The highest BCUT2D eigenvalue weighted by Crippen LogP contribution is 2.12. The molecule has 0 aliphatic rings. The van der Waals surface area contributed by atoms with E-state index in [1.807, 2.05) is 34.6 Å². The first-order valence-corrected chi connectivity index (χ1v) is 8.31. The molecule has 0 saturated heterocycles. The lowest BCUT2D eigenvalue weighted by Gasteiger charge is -2.19. The molecule has 0 aromatic carbocycles. The van der Waals surface area contributed by atoms with Gasteiger partial charge in [0.15, 0.2) is 0 Å². The van der Waals surface area contributed by atoms with Gasteiger partial charge in [0.2, 0.25) is 5.91 Å². The molecule has 0 fully saturated rings. The summed E-state index contributed by atoms with van der Waals surface area (Å²) in [6.45, 7) is 15.6. The van der Waals surface area contributed by atoms with E-state index in [1.165, 1.54) is 0 Å². The summed E-state index contributed by atoms with van der Waals surface area (Å²) in [5, 5.41) is 0. The number of carbonyl (C=O) groups excluding carboxylic acids is 2. The van der Waals surface area contributed by atoms with Crippen LogP contribution in [0.25, 0.3) is 0 Å². The van der Waals surface area contributed by atoms with Gasteiger partial charge in [-0.3, -0.25) is 9.59 Å². The van der Waals surface area contributed by atoms with Crippen LogP contribution in [0.2, 0.25) is 0 Å². The van der Waals surface area contributed by atoms with Gasteiger partial charge in [-0.1, -0.05) is 39.5 Å². The Hall–Kier alpha value is -1.32. The van der Waals surface area contributed by atoms with Gasteiger partial charge in [-0.05, 0) is 33.6 Å². The fraction of sp³-hybridized carbons (Fsp3) is 0.778.